The summed E-state index contributed by atoms with van der Waals surface area (Å²) in [6.07, 6.45) is 3.00. The van der Waals surface area contributed by atoms with Gasteiger partial charge in [-0.2, -0.15) is 25.3 Å². The van der Waals surface area contributed by atoms with Gasteiger partial charge < -0.3 is 27.9 Å². The van der Waals surface area contributed by atoms with Gasteiger partial charge in [0.15, 0.2) is 0 Å². The van der Waals surface area contributed by atoms with E-state index in [4.69, 9.17) is 0 Å². The average Bonchev–Trinajstić information content (AvgIpc) is 2.39. The van der Waals surface area contributed by atoms with E-state index >= 15 is 0 Å². The largest absolute Gasteiger partial charge is 3.00 e. The summed E-state index contributed by atoms with van der Waals surface area (Å²) in [6, 6.07) is 0. The molecule has 0 aliphatic carbocycles. The maximum atomic E-state index is 10.4. The van der Waals surface area contributed by atoms with Crippen LogP contribution in [0.2, 0.25) is 0 Å². The van der Waals surface area contributed by atoms with Crippen molar-refractivity contribution >= 4 is 74.8 Å². The molecule has 0 aromatic rings. The Morgan fingerprint density at radius 3 is 0.903 bits per heavy atom. The van der Waals surface area contributed by atoms with Crippen LogP contribution in [-0.2, 0) is 43.5 Å². The first kappa shape index (κ1) is 28.8. The van der Waals surface area contributed by atoms with Gasteiger partial charge in [-0.1, -0.05) is 0 Å². The molecule has 0 bridgehead atoms. The molecule has 15 nitrogen and oxygen atoms in total. The third-order valence-electron chi connectivity index (χ3n) is 2.30. The van der Waals surface area contributed by atoms with Gasteiger partial charge in [0.05, 0.1) is 0 Å². The topological polar surface area (TPSA) is 236 Å². The van der Waals surface area contributed by atoms with Crippen LogP contribution >= 0.6 is 0 Å². The van der Waals surface area contributed by atoms with Crippen LogP contribution in [0.5, 0.6) is 0 Å². The molecular formula is C12H12BiN3O12S3. The minimum Gasteiger partial charge on any atom is -0.858 e. The number of hydrogen-bond donors (Lipinski definition) is 0. The molecule has 0 atom stereocenters. The van der Waals surface area contributed by atoms with Crippen molar-refractivity contribution in [3.05, 3.63) is 35.5 Å². The van der Waals surface area contributed by atoms with Crippen LogP contribution in [0.1, 0.15) is 20.8 Å². The van der Waals surface area contributed by atoms with Crippen molar-refractivity contribution in [1.29, 1.82) is 0 Å². The van der Waals surface area contributed by atoms with Gasteiger partial charge in [0.2, 0.25) is 0 Å². The summed E-state index contributed by atoms with van der Waals surface area (Å²) in [5, 5.41) is 31.2. The van der Waals surface area contributed by atoms with Crippen molar-refractivity contribution in [2.45, 2.75) is 20.8 Å². The van der Waals surface area contributed by atoms with Crippen LogP contribution in [0.3, 0.4) is 0 Å². The van der Waals surface area contributed by atoms with Crippen LogP contribution in [0.25, 0.3) is 0 Å². The molecule has 0 saturated heterocycles. The van der Waals surface area contributed by atoms with E-state index in [0.717, 1.165) is 18.2 Å². The van der Waals surface area contributed by atoms with Gasteiger partial charge >= 0.3 is 57.1 Å². The van der Waals surface area contributed by atoms with Crippen molar-refractivity contribution in [2.24, 2.45) is 13.2 Å². The van der Waals surface area contributed by atoms with Crippen molar-refractivity contribution < 1.29 is 53.1 Å². The van der Waals surface area contributed by atoms with Crippen LogP contribution < -0.4 is 15.3 Å². The maximum absolute atomic E-state index is 10.4. The standard InChI is InChI=1S/3C4H5NO4S.Bi/c3*1-3-2-4(6)5-10(7,8)9-3;/h3*2H,1H3,(H,5,6);/q;;;+3/p-3. The van der Waals surface area contributed by atoms with E-state index < -0.39 is 48.6 Å². The predicted molar refractivity (Wildman–Crippen MR) is 99.3 cm³/mol. The molecule has 170 valence electrons. The van der Waals surface area contributed by atoms with Crippen LogP contribution in [0, 0.1) is 0 Å². The summed E-state index contributed by atoms with van der Waals surface area (Å²) in [6.45, 7) is 4.10. The third kappa shape index (κ3) is 11.7. The second kappa shape index (κ2) is 10.9. The Balaban J connectivity index is 0.000000429. The van der Waals surface area contributed by atoms with Gasteiger partial charge in [-0.3, -0.25) is 0 Å². The quantitative estimate of drug-likeness (QED) is 0.224. The Morgan fingerprint density at radius 1 is 0.581 bits per heavy atom. The first-order valence-electron chi connectivity index (χ1n) is 7.18. The van der Waals surface area contributed by atoms with Gasteiger partial charge in [0.25, 0.3) is 0 Å². The van der Waals surface area contributed by atoms with E-state index in [9.17, 15) is 40.6 Å². The molecule has 3 aliphatic rings. The molecule has 0 N–H and O–H groups in total. The molecule has 0 unspecified atom stereocenters. The third-order valence-corrected chi connectivity index (χ3v) is 4.93. The maximum Gasteiger partial charge on any atom is 3.00 e. The van der Waals surface area contributed by atoms with E-state index in [-0.39, 0.29) is 43.5 Å². The van der Waals surface area contributed by atoms with Gasteiger partial charge in [-0.05, 0) is 39.0 Å². The molecule has 0 saturated carbocycles. The van der Waals surface area contributed by atoms with Crippen molar-refractivity contribution in [1.82, 2.24) is 0 Å². The first-order chi connectivity index (χ1) is 13.5. The summed E-state index contributed by atoms with van der Waals surface area (Å²) in [4.78, 5) is 0. The second-order valence-electron chi connectivity index (χ2n) is 5.09. The van der Waals surface area contributed by atoms with Crippen LogP contribution in [-0.4, -0.2) is 69.2 Å². The zero-order chi connectivity index (χ0) is 23.3. The average molecular weight is 695 g/mol. The van der Waals surface area contributed by atoms with Gasteiger partial charge in [-0.25, -0.2) is 0 Å². The Labute approximate surface area is 196 Å². The van der Waals surface area contributed by atoms with Gasteiger partial charge in [-0.15, -0.1) is 13.2 Å². The molecule has 2 radical (unpaired) electrons. The van der Waals surface area contributed by atoms with E-state index in [1.54, 1.807) is 0 Å². The molecular weight excluding hydrogens is 683 g/mol. The zero-order valence-corrected chi connectivity index (χ0v) is 21.6. The van der Waals surface area contributed by atoms with Crippen molar-refractivity contribution in [3.8, 4) is 0 Å². The SMILES string of the molecule is CC1=CC([O-])=NS(=O)(=O)O1.CC1=CC([O-])=NS(=O)(=O)O1.CC1=CC([O-])=NS(=O)(=O)O1.[Bi+3]. The van der Waals surface area contributed by atoms with Crippen LogP contribution in [0.15, 0.2) is 48.7 Å². The van der Waals surface area contributed by atoms with Gasteiger partial charge in [0.1, 0.15) is 17.3 Å². The molecule has 0 aromatic carbocycles. The van der Waals surface area contributed by atoms with Crippen LogP contribution in [0.4, 0.5) is 0 Å². The Hall–Kier alpha value is -2.24. The van der Waals surface area contributed by atoms with E-state index in [1.165, 1.54) is 20.8 Å². The summed E-state index contributed by atoms with van der Waals surface area (Å²) in [5.41, 5.74) is 0. The number of allylic oxidation sites excluding steroid dienone is 3. The monoisotopic (exact) mass is 695 g/mol. The molecule has 0 aromatic heterocycles. The van der Waals surface area contributed by atoms with E-state index in [0.29, 0.717) is 0 Å². The fraction of sp³-hybridized carbons (Fsp3) is 0.250. The molecule has 3 heterocycles. The normalized spacial score (nSPS) is 21.8. The molecule has 31 heavy (non-hydrogen) atoms. The molecule has 3 aliphatic heterocycles. The van der Waals surface area contributed by atoms with E-state index in [2.05, 4.69) is 25.7 Å². The molecule has 0 spiro atoms. The fourth-order valence-corrected chi connectivity index (χ4v) is 3.63. The number of hydrogen-bond acceptors (Lipinski definition) is 12. The van der Waals surface area contributed by atoms with E-state index in [1.807, 2.05) is 0 Å². The smallest absolute Gasteiger partial charge is 0.858 e. The summed E-state index contributed by atoms with van der Waals surface area (Å²) in [7, 11) is -11.9. The first-order valence-corrected chi connectivity index (χ1v) is 11.3. The van der Waals surface area contributed by atoms with Crippen molar-refractivity contribution in [2.75, 3.05) is 0 Å². The zero-order valence-electron chi connectivity index (χ0n) is 15.6. The van der Waals surface area contributed by atoms with Crippen molar-refractivity contribution in [3.63, 3.8) is 0 Å². The Bertz CT molecular complexity index is 1060. The Kier molecular flexibility index (Phi) is 10.1. The van der Waals surface area contributed by atoms with Gasteiger partial charge in [0, 0.05) is 17.7 Å². The molecule has 19 heteroatoms. The molecule has 0 fully saturated rings. The summed E-state index contributed by atoms with van der Waals surface area (Å²) >= 11 is 0. The summed E-state index contributed by atoms with van der Waals surface area (Å²) < 4.78 is 83.2. The molecule has 0 amide bonds. The number of nitrogens with zero attached hydrogens (tertiary/aromatic N) is 3. The predicted octanol–water partition coefficient (Wildman–Crippen LogP) is -3.61. The Morgan fingerprint density at radius 2 is 0.774 bits per heavy atom. The summed E-state index contributed by atoms with van der Waals surface area (Å²) in [5.74, 6) is -2.28. The fourth-order valence-electron chi connectivity index (χ4n) is 1.56. The number of rotatable bonds is 0. The molecule has 3 rings (SSSR count). The minimum absolute atomic E-state index is 0. The minimum atomic E-state index is -3.97. The second-order valence-corrected chi connectivity index (χ2v) is 8.70.